The lowest BCUT2D eigenvalue weighted by Gasteiger charge is -2.51. The van der Waals surface area contributed by atoms with Crippen molar-refractivity contribution in [2.24, 2.45) is 5.92 Å². The Morgan fingerprint density at radius 3 is 2.55 bits per heavy atom. The molecule has 3 atom stereocenters. The molecule has 0 radical (unpaired) electrons. The van der Waals surface area contributed by atoms with E-state index in [9.17, 15) is 12.8 Å². The summed E-state index contributed by atoms with van der Waals surface area (Å²) in [5.74, 6) is -1.31. The molecule has 0 aromatic heterocycles. The average molecular weight is 499 g/mol. The maximum atomic E-state index is 15.3. The molecule has 4 rings (SSSR count). The van der Waals surface area contributed by atoms with E-state index in [0.29, 0.717) is 37.3 Å². The van der Waals surface area contributed by atoms with E-state index < -0.39 is 33.0 Å². The van der Waals surface area contributed by atoms with Gasteiger partial charge in [0.15, 0.2) is 11.6 Å². The van der Waals surface area contributed by atoms with Gasteiger partial charge in [-0.15, -0.1) is 0 Å². The van der Waals surface area contributed by atoms with Gasteiger partial charge < -0.3 is 9.47 Å². The first kappa shape index (κ1) is 24.4. The van der Waals surface area contributed by atoms with Crippen LogP contribution in [0, 0.1) is 17.6 Å². The van der Waals surface area contributed by atoms with Crippen LogP contribution < -0.4 is 4.74 Å². The number of rotatable bonds is 8. The fraction of sp³-hybridized carbons (Fsp3) is 0.520. The molecule has 4 nitrogen and oxygen atoms in total. The van der Waals surface area contributed by atoms with Gasteiger partial charge in [0.25, 0.3) is 0 Å². The first-order valence-corrected chi connectivity index (χ1v) is 13.6. The van der Waals surface area contributed by atoms with Gasteiger partial charge >= 0.3 is 0 Å². The third-order valence-electron chi connectivity index (χ3n) is 6.96. The van der Waals surface area contributed by atoms with E-state index in [1.165, 1.54) is 0 Å². The molecule has 8 heteroatoms. The van der Waals surface area contributed by atoms with Gasteiger partial charge in [-0.1, -0.05) is 37.1 Å². The largest absolute Gasteiger partial charge is 0.490 e. The van der Waals surface area contributed by atoms with E-state index in [1.54, 1.807) is 12.1 Å². The van der Waals surface area contributed by atoms with Crippen molar-refractivity contribution in [3.63, 3.8) is 0 Å². The highest BCUT2D eigenvalue weighted by Gasteiger charge is 2.53. The first-order chi connectivity index (χ1) is 15.8. The summed E-state index contributed by atoms with van der Waals surface area (Å²) < 4.78 is 66.7. The minimum Gasteiger partial charge on any atom is -0.490 e. The number of unbranched alkanes of at least 4 members (excludes halogenated alkanes) is 1. The molecule has 2 aromatic rings. The van der Waals surface area contributed by atoms with Gasteiger partial charge in [-0.25, -0.2) is 17.2 Å². The Balaban J connectivity index is 1.71. The lowest BCUT2D eigenvalue weighted by Crippen LogP contribution is -2.55. The third-order valence-corrected chi connectivity index (χ3v) is 8.98. The molecule has 0 saturated carbocycles. The van der Waals surface area contributed by atoms with E-state index in [-0.39, 0.29) is 35.3 Å². The second-order valence-corrected chi connectivity index (χ2v) is 11.8. The van der Waals surface area contributed by atoms with E-state index >= 15 is 4.39 Å². The van der Waals surface area contributed by atoms with Crippen molar-refractivity contribution in [1.29, 1.82) is 0 Å². The average Bonchev–Trinajstić information content (AvgIpc) is 2.79. The number of halogens is 3. The zero-order valence-electron chi connectivity index (χ0n) is 18.7. The highest BCUT2D eigenvalue weighted by Crippen LogP contribution is 2.52. The molecule has 2 aliphatic rings. The Labute approximate surface area is 199 Å². The SMILES string of the molecule is CCCCS(=O)(=O)CC[C@@H]1OCC[C@@]2(Cc3ccc(Cl)cc3)c3c(F)ccc(F)c3OC[C@@H]12. The summed E-state index contributed by atoms with van der Waals surface area (Å²) >= 11 is 6.05. The zero-order valence-corrected chi connectivity index (χ0v) is 20.2. The van der Waals surface area contributed by atoms with Crippen molar-refractivity contribution in [2.45, 2.75) is 50.5 Å². The molecule has 0 amide bonds. The van der Waals surface area contributed by atoms with E-state index in [2.05, 4.69) is 0 Å². The molecule has 1 saturated heterocycles. The number of hydrogen-bond acceptors (Lipinski definition) is 4. The van der Waals surface area contributed by atoms with E-state index in [1.807, 2.05) is 19.1 Å². The van der Waals surface area contributed by atoms with Crippen LogP contribution in [0.3, 0.4) is 0 Å². The van der Waals surface area contributed by atoms with Crippen LogP contribution in [0.5, 0.6) is 5.75 Å². The van der Waals surface area contributed by atoms with Crippen molar-refractivity contribution >= 4 is 21.4 Å². The van der Waals surface area contributed by atoms with Crippen molar-refractivity contribution in [3.05, 3.63) is 64.2 Å². The smallest absolute Gasteiger partial charge is 0.165 e. The van der Waals surface area contributed by atoms with Crippen molar-refractivity contribution in [1.82, 2.24) is 0 Å². The highest BCUT2D eigenvalue weighted by atomic mass is 35.5. The van der Waals surface area contributed by atoms with Gasteiger partial charge in [-0.3, -0.25) is 0 Å². The summed E-state index contributed by atoms with van der Waals surface area (Å²) in [5.41, 5.74) is 0.400. The Kier molecular flexibility index (Phi) is 7.32. The fourth-order valence-corrected chi connectivity index (χ4v) is 6.91. The Bertz CT molecular complexity index is 1090. The number of ether oxygens (including phenoxy) is 2. The predicted molar refractivity (Wildman–Crippen MR) is 125 cm³/mol. The van der Waals surface area contributed by atoms with E-state index in [0.717, 1.165) is 24.1 Å². The molecule has 1 fully saturated rings. The quantitative estimate of drug-likeness (QED) is 0.482. The summed E-state index contributed by atoms with van der Waals surface area (Å²) in [7, 11) is -3.21. The first-order valence-electron chi connectivity index (χ1n) is 11.4. The number of fused-ring (bicyclic) bond motifs is 3. The topological polar surface area (TPSA) is 52.6 Å². The summed E-state index contributed by atoms with van der Waals surface area (Å²) in [6.45, 7) is 2.43. The van der Waals surface area contributed by atoms with Crippen LogP contribution in [0.15, 0.2) is 36.4 Å². The predicted octanol–water partition coefficient (Wildman–Crippen LogP) is 5.50. The molecule has 0 unspecified atom stereocenters. The zero-order chi connectivity index (χ0) is 23.6. The summed E-state index contributed by atoms with van der Waals surface area (Å²) in [5, 5.41) is 0.597. The Morgan fingerprint density at radius 1 is 1.09 bits per heavy atom. The minimum absolute atomic E-state index is 0.00365. The van der Waals surface area contributed by atoms with Crippen molar-refractivity contribution in [3.8, 4) is 5.75 Å². The summed E-state index contributed by atoms with van der Waals surface area (Å²) in [4.78, 5) is 0. The summed E-state index contributed by atoms with van der Waals surface area (Å²) in [6, 6.07) is 9.56. The van der Waals surface area contributed by atoms with Crippen LogP contribution in [0.1, 0.15) is 43.7 Å². The Morgan fingerprint density at radius 2 is 1.82 bits per heavy atom. The molecule has 2 heterocycles. The van der Waals surface area contributed by atoms with Crippen LogP contribution >= 0.6 is 11.6 Å². The number of sulfone groups is 1. The highest BCUT2D eigenvalue weighted by molar-refractivity contribution is 7.91. The molecule has 0 bridgehead atoms. The molecule has 33 heavy (non-hydrogen) atoms. The van der Waals surface area contributed by atoms with Gasteiger partial charge in [0, 0.05) is 28.5 Å². The molecular formula is C25H29ClF2O4S. The van der Waals surface area contributed by atoms with Gasteiger partial charge in [-0.05, 0) is 55.5 Å². The Hall–Kier alpha value is -1.70. The molecule has 180 valence electrons. The minimum atomic E-state index is -3.21. The van der Waals surface area contributed by atoms with Gasteiger partial charge in [0.2, 0.25) is 0 Å². The second-order valence-electron chi connectivity index (χ2n) is 9.06. The van der Waals surface area contributed by atoms with Gasteiger partial charge in [0.1, 0.15) is 15.7 Å². The summed E-state index contributed by atoms with van der Waals surface area (Å²) in [6.07, 6.45) is 2.23. The van der Waals surface area contributed by atoms with Crippen LogP contribution in [-0.4, -0.2) is 39.2 Å². The van der Waals surface area contributed by atoms with Gasteiger partial charge in [0.05, 0.1) is 24.2 Å². The van der Waals surface area contributed by atoms with Crippen LogP contribution in [0.4, 0.5) is 8.78 Å². The normalized spacial score (nSPS) is 24.6. The molecule has 0 aliphatic carbocycles. The second kappa shape index (κ2) is 9.88. The van der Waals surface area contributed by atoms with Crippen LogP contribution in [0.25, 0.3) is 0 Å². The molecule has 0 spiro atoms. The number of hydrogen-bond donors (Lipinski definition) is 0. The monoisotopic (exact) mass is 498 g/mol. The third kappa shape index (κ3) is 5.05. The van der Waals surface area contributed by atoms with Gasteiger partial charge in [-0.2, -0.15) is 0 Å². The van der Waals surface area contributed by atoms with Crippen LogP contribution in [-0.2, 0) is 26.4 Å². The molecular weight excluding hydrogens is 470 g/mol. The standard InChI is InChI=1S/C25H29ClF2O4S/c1-2-3-13-33(29,30)14-10-22-19-16-32-24-21(28)9-8-20(27)23(24)25(19,11-12-31-22)15-17-4-6-18(26)7-5-17/h4-9,19,22H,2-3,10-16H2,1H3/t19-,22-,25-/m0/s1. The fourth-order valence-electron chi connectivity index (χ4n) is 5.26. The molecule has 2 aliphatic heterocycles. The van der Waals surface area contributed by atoms with E-state index in [4.69, 9.17) is 21.1 Å². The molecule has 2 aromatic carbocycles. The lowest BCUT2D eigenvalue weighted by atomic mass is 9.60. The maximum absolute atomic E-state index is 15.3. The maximum Gasteiger partial charge on any atom is 0.165 e. The van der Waals surface area contributed by atoms with Crippen molar-refractivity contribution in [2.75, 3.05) is 24.7 Å². The lowest BCUT2D eigenvalue weighted by molar-refractivity contribution is -0.0963. The van der Waals surface area contributed by atoms with Crippen molar-refractivity contribution < 1.29 is 26.7 Å². The molecule has 0 N–H and O–H groups in total. The number of benzene rings is 2. The van der Waals surface area contributed by atoms with Crippen LogP contribution in [0.2, 0.25) is 5.02 Å².